The molecule has 4 fully saturated rings. The molecular formula is C35H70N6. The van der Waals surface area contributed by atoms with E-state index in [2.05, 4.69) is 98.6 Å². The summed E-state index contributed by atoms with van der Waals surface area (Å²) in [4.78, 5) is 16.8. The highest BCUT2D eigenvalue weighted by atomic mass is 15.3. The molecule has 3 unspecified atom stereocenters. The molecule has 0 amide bonds. The standard InChI is InChI=1S/C35H70N6/c1-26(2)36-15-11-33(12-16-36)24-40-25-35(41(28(5)6)23-29(40)7)30(8)31(9)38-19-21-39(22-20-38)32(10)34-13-17-37(18-14-34)27(3)4/h26-35H,11-25H2,1-10H3/t29-,30?,31?,32-,35?/m1/s1. The lowest BCUT2D eigenvalue weighted by atomic mass is 9.86. The summed E-state index contributed by atoms with van der Waals surface area (Å²) >= 11 is 0. The maximum absolute atomic E-state index is 2.90. The van der Waals surface area contributed by atoms with Crippen LogP contribution in [0.4, 0.5) is 0 Å². The van der Waals surface area contributed by atoms with E-state index >= 15 is 0 Å². The molecule has 0 aromatic carbocycles. The molecule has 0 aliphatic carbocycles. The lowest BCUT2D eigenvalue weighted by molar-refractivity contribution is -0.0399. The molecule has 0 radical (unpaired) electrons. The van der Waals surface area contributed by atoms with Gasteiger partial charge < -0.3 is 9.80 Å². The number of piperidine rings is 2. The third-order valence-electron chi connectivity index (χ3n) is 12.3. The van der Waals surface area contributed by atoms with Crippen molar-refractivity contribution >= 4 is 0 Å². The fourth-order valence-electron chi connectivity index (χ4n) is 8.80. The summed E-state index contributed by atoms with van der Waals surface area (Å²) < 4.78 is 0. The van der Waals surface area contributed by atoms with E-state index in [1.807, 2.05) is 0 Å². The lowest BCUT2D eigenvalue weighted by Crippen LogP contribution is -2.64. The van der Waals surface area contributed by atoms with Crippen LogP contribution in [0.5, 0.6) is 0 Å². The molecular weight excluding hydrogens is 504 g/mol. The Labute approximate surface area is 256 Å². The van der Waals surface area contributed by atoms with E-state index in [9.17, 15) is 0 Å². The summed E-state index contributed by atoms with van der Waals surface area (Å²) in [6.07, 6.45) is 5.52. The van der Waals surface area contributed by atoms with Gasteiger partial charge in [0.05, 0.1) is 0 Å². The van der Waals surface area contributed by atoms with Crippen LogP contribution in [0, 0.1) is 17.8 Å². The fourth-order valence-corrected chi connectivity index (χ4v) is 8.80. The molecule has 0 N–H and O–H groups in total. The van der Waals surface area contributed by atoms with Crippen LogP contribution in [0.1, 0.15) is 94.9 Å². The Bertz CT molecular complexity index is 748. The third kappa shape index (κ3) is 8.48. The van der Waals surface area contributed by atoms with Crippen molar-refractivity contribution in [3.63, 3.8) is 0 Å². The predicted molar refractivity (Wildman–Crippen MR) is 177 cm³/mol. The van der Waals surface area contributed by atoms with Gasteiger partial charge in [-0.2, -0.15) is 0 Å². The smallest absolute Gasteiger partial charge is 0.0267 e. The minimum Gasteiger partial charge on any atom is -0.301 e. The van der Waals surface area contributed by atoms with Crippen LogP contribution in [0.3, 0.4) is 0 Å². The van der Waals surface area contributed by atoms with Gasteiger partial charge >= 0.3 is 0 Å². The molecule has 4 heterocycles. The first kappa shape index (κ1) is 33.6. The van der Waals surface area contributed by atoms with Crippen molar-refractivity contribution in [3.05, 3.63) is 0 Å². The monoisotopic (exact) mass is 575 g/mol. The van der Waals surface area contributed by atoms with E-state index < -0.39 is 0 Å². The summed E-state index contributed by atoms with van der Waals surface area (Å²) in [7, 11) is 0. The van der Waals surface area contributed by atoms with Crippen LogP contribution in [0.15, 0.2) is 0 Å². The summed E-state index contributed by atoms with van der Waals surface area (Å²) in [6.45, 7) is 38.4. The van der Waals surface area contributed by atoms with Crippen LogP contribution in [0.2, 0.25) is 0 Å². The third-order valence-corrected chi connectivity index (χ3v) is 12.3. The van der Waals surface area contributed by atoms with E-state index in [1.165, 1.54) is 97.7 Å². The van der Waals surface area contributed by atoms with Crippen molar-refractivity contribution in [2.45, 2.75) is 137 Å². The van der Waals surface area contributed by atoms with Gasteiger partial charge in [0.25, 0.3) is 0 Å². The van der Waals surface area contributed by atoms with Crippen LogP contribution in [0.25, 0.3) is 0 Å². The van der Waals surface area contributed by atoms with Crippen LogP contribution in [-0.2, 0) is 0 Å². The second-order valence-corrected chi connectivity index (χ2v) is 15.6. The molecule has 6 nitrogen and oxygen atoms in total. The van der Waals surface area contributed by atoms with Gasteiger partial charge in [-0.1, -0.05) is 6.92 Å². The van der Waals surface area contributed by atoms with E-state index in [0.717, 1.165) is 17.9 Å². The molecule has 0 spiro atoms. The van der Waals surface area contributed by atoms with Gasteiger partial charge in [0.1, 0.15) is 0 Å². The molecule has 41 heavy (non-hydrogen) atoms. The second-order valence-electron chi connectivity index (χ2n) is 15.6. The van der Waals surface area contributed by atoms with Gasteiger partial charge in [0, 0.05) is 88.1 Å². The zero-order valence-electron chi connectivity index (χ0n) is 29.1. The Morgan fingerprint density at radius 3 is 1.59 bits per heavy atom. The van der Waals surface area contributed by atoms with Gasteiger partial charge in [-0.25, -0.2) is 0 Å². The highest BCUT2D eigenvalue weighted by Crippen LogP contribution is 2.31. The zero-order valence-corrected chi connectivity index (χ0v) is 29.1. The van der Waals surface area contributed by atoms with Gasteiger partial charge in [0.15, 0.2) is 0 Å². The van der Waals surface area contributed by atoms with Crippen molar-refractivity contribution in [2.24, 2.45) is 17.8 Å². The molecule has 0 aromatic rings. The molecule has 5 atom stereocenters. The second kappa shape index (κ2) is 15.2. The molecule has 0 saturated carbocycles. The fraction of sp³-hybridized carbons (Fsp3) is 1.00. The number of rotatable bonds is 10. The number of likely N-dealkylation sites (tertiary alicyclic amines) is 2. The zero-order chi connectivity index (χ0) is 29.8. The largest absolute Gasteiger partial charge is 0.301 e. The number of piperazine rings is 2. The quantitative estimate of drug-likeness (QED) is 0.362. The summed E-state index contributed by atoms with van der Waals surface area (Å²) in [5, 5.41) is 0. The average Bonchev–Trinajstić information content (AvgIpc) is 2.97. The highest BCUT2D eigenvalue weighted by molar-refractivity contribution is 4.96. The molecule has 4 saturated heterocycles. The molecule has 4 aliphatic heterocycles. The van der Waals surface area contributed by atoms with Crippen molar-refractivity contribution in [3.8, 4) is 0 Å². The van der Waals surface area contributed by atoms with E-state index in [0.29, 0.717) is 42.2 Å². The molecule has 6 heteroatoms. The predicted octanol–water partition coefficient (Wildman–Crippen LogP) is 5.04. The Balaban J connectivity index is 1.29. The minimum absolute atomic E-state index is 0.619. The van der Waals surface area contributed by atoms with Crippen molar-refractivity contribution < 1.29 is 0 Å². The maximum atomic E-state index is 2.90. The number of hydrogen-bond acceptors (Lipinski definition) is 6. The van der Waals surface area contributed by atoms with Gasteiger partial charge in [0.2, 0.25) is 0 Å². The Hall–Kier alpha value is -0.240. The van der Waals surface area contributed by atoms with Gasteiger partial charge in [-0.15, -0.1) is 0 Å². The number of hydrogen-bond donors (Lipinski definition) is 0. The molecule has 240 valence electrons. The van der Waals surface area contributed by atoms with Crippen LogP contribution >= 0.6 is 0 Å². The van der Waals surface area contributed by atoms with Crippen LogP contribution in [-0.4, -0.2) is 144 Å². The van der Waals surface area contributed by atoms with Crippen LogP contribution < -0.4 is 0 Å². The van der Waals surface area contributed by atoms with E-state index in [4.69, 9.17) is 0 Å². The van der Waals surface area contributed by atoms with Crippen molar-refractivity contribution in [2.75, 3.05) is 72.0 Å². The number of nitrogens with zero attached hydrogens (tertiary/aromatic N) is 6. The maximum Gasteiger partial charge on any atom is 0.0267 e. The lowest BCUT2D eigenvalue weighted by Gasteiger charge is -2.53. The minimum atomic E-state index is 0.619. The summed E-state index contributed by atoms with van der Waals surface area (Å²) in [5.41, 5.74) is 0. The normalized spacial score (nSPS) is 31.0. The van der Waals surface area contributed by atoms with Crippen molar-refractivity contribution in [1.82, 2.24) is 29.4 Å². The Morgan fingerprint density at radius 2 is 1.07 bits per heavy atom. The molecule has 4 rings (SSSR count). The highest BCUT2D eigenvalue weighted by Gasteiger charge is 2.40. The molecule has 0 bridgehead atoms. The van der Waals surface area contributed by atoms with Gasteiger partial charge in [-0.3, -0.25) is 19.6 Å². The average molecular weight is 575 g/mol. The van der Waals surface area contributed by atoms with E-state index in [1.54, 1.807) is 0 Å². The Morgan fingerprint density at radius 1 is 0.561 bits per heavy atom. The first-order valence-corrected chi connectivity index (χ1v) is 17.9. The van der Waals surface area contributed by atoms with Crippen molar-refractivity contribution in [1.29, 1.82) is 0 Å². The van der Waals surface area contributed by atoms with E-state index in [-0.39, 0.29) is 0 Å². The molecule has 0 aromatic heterocycles. The summed E-state index contributed by atoms with van der Waals surface area (Å²) in [6, 6.07) is 4.70. The SMILES string of the molecule is CC(C(C)N1CCN([C@H](C)C2CCN(C(C)C)CC2)CC1)C1CN(CC2CCN(C(C)C)CC2)[C@H](C)CN1C(C)C. The first-order chi connectivity index (χ1) is 19.5. The molecule has 4 aliphatic rings. The van der Waals surface area contributed by atoms with Gasteiger partial charge in [-0.05, 0) is 132 Å². The first-order valence-electron chi connectivity index (χ1n) is 17.9. The summed E-state index contributed by atoms with van der Waals surface area (Å²) in [5.74, 6) is 2.43. The topological polar surface area (TPSA) is 19.4 Å². The Kier molecular flexibility index (Phi) is 12.4.